The van der Waals surface area contributed by atoms with Crippen LogP contribution >= 0.6 is 11.6 Å². The fraction of sp³-hybridized carbons (Fsp3) is 0.259. The Morgan fingerprint density at radius 3 is 2.70 bits per heavy atom. The van der Waals surface area contributed by atoms with Gasteiger partial charge in [0, 0.05) is 62.2 Å². The van der Waals surface area contributed by atoms with Crippen molar-refractivity contribution < 1.29 is 14.3 Å². The van der Waals surface area contributed by atoms with Gasteiger partial charge in [0.15, 0.2) is 0 Å². The van der Waals surface area contributed by atoms with E-state index in [0.29, 0.717) is 48.3 Å². The molecule has 0 bridgehead atoms. The van der Waals surface area contributed by atoms with Crippen molar-refractivity contribution in [3.8, 4) is 16.9 Å². The fourth-order valence-corrected chi connectivity index (χ4v) is 4.63. The molecule has 4 heterocycles. The monoisotopic (exact) mass is 518 g/mol. The van der Waals surface area contributed by atoms with Crippen LogP contribution in [0.25, 0.3) is 17.2 Å². The van der Waals surface area contributed by atoms with Crippen molar-refractivity contribution in [2.45, 2.75) is 12.5 Å². The van der Waals surface area contributed by atoms with Crippen molar-refractivity contribution in [2.24, 2.45) is 0 Å². The number of nitrogen functional groups attached to an aromatic ring is 1. The standard InChI is InChI=1S/C27H27ClN6O3/c28-22-13-19(18-3-4-23(31-15-18)27(36)34-9-7-30-8-10-34)11-20-12-21(37-26(20)22)16-33-25(35)6-2-17-1-5-24(29)32-14-17/h1-6,11,13-15,21,30H,7-10,12,16H2,(H2,29,32)(H,33,35). The molecule has 0 aliphatic carbocycles. The first-order chi connectivity index (χ1) is 18.0. The summed E-state index contributed by atoms with van der Waals surface area (Å²) in [7, 11) is 0. The van der Waals surface area contributed by atoms with Gasteiger partial charge in [-0.3, -0.25) is 14.6 Å². The summed E-state index contributed by atoms with van der Waals surface area (Å²) >= 11 is 6.54. The molecule has 10 heteroatoms. The molecule has 2 aliphatic rings. The van der Waals surface area contributed by atoms with E-state index in [4.69, 9.17) is 22.1 Å². The molecule has 190 valence electrons. The Morgan fingerprint density at radius 1 is 1.14 bits per heavy atom. The number of carbonyl (C=O) groups is 2. The van der Waals surface area contributed by atoms with E-state index in [1.807, 2.05) is 23.1 Å². The number of hydrogen-bond acceptors (Lipinski definition) is 7. The first kappa shape index (κ1) is 24.7. The van der Waals surface area contributed by atoms with E-state index in [-0.39, 0.29) is 17.9 Å². The van der Waals surface area contributed by atoms with E-state index in [2.05, 4.69) is 20.6 Å². The van der Waals surface area contributed by atoms with Crippen molar-refractivity contribution in [3.05, 3.63) is 76.7 Å². The van der Waals surface area contributed by atoms with Crippen LogP contribution in [-0.2, 0) is 11.2 Å². The number of rotatable bonds is 6. The molecule has 2 aromatic heterocycles. The molecule has 1 aromatic carbocycles. The molecule has 1 fully saturated rings. The minimum Gasteiger partial charge on any atom is -0.486 e. The zero-order chi connectivity index (χ0) is 25.8. The zero-order valence-corrected chi connectivity index (χ0v) is 20.9. The SMILES string of the molecule is Nc1ccc(C=CC(=O)NCC2Cc3cc(-c4ccc(C(=O)N5CCNCC5)nc4)cc(Cl)c3O2)cn1. The number of halogens is 1. The molecule has 9 nitrogen and oxygen atoms in total. The van der Waals surface area contributed by atoms with Gasteiger partial charge in [-0.15, -0.1) is 0 Å². The van der Waals surface area contributed by atoms with Crippen LogP contribution in [0.5, 0.6) is 5.75 Å². The van der Waals surface area contributed by atoms with E-state index < -0.39 is 0 Å². The minimum absolute atomic E-state index is 0.0571. The second-order valence-electron chi connectivity index (χ2n) is 8.96. The molecule has 4 N–H and O–H groups in total. The van der Waals surface area contributed by atoms with Gasteiger partial charge >= 0.3 is 0 Å². The molecule has 0 saturated carbocycles. The number of nitrogens with one attached hydrogen (secondary N) is 2. The maximum Gasteiger partial charge on any atom is 0.272 e. The number of nitrogens with two attached hydrogens (primary N) is 1. The summed E-state index contributed by atoms with van der Waals surface area (Å²) in [5.74, 6) is 0.769. The molecule has 2 aliphatic heterocycles. The van der Waals surface area contributed by atoms with Gasteiger partial charge in [-0.25, -0.2) is 4.98 Å². The Labute approximate surface area is 219 Å². The summed E-state index contributed by atoms with van der Waals surface area (Å²) in [5.41, 5.74) is 9.51. The topological polar surface area (TPSA) is 122 Å². The van der Waals surface area contributed by atoms with Crippen LogP contribution in [0.1, 0.15) is 21.6 Å². The highest BCUT2D eigenvalue weighted by atomic mass is 35.5. The molecule has 0 radical (unpaired) electrons. The highest BCUT2D eigenvalue weighted by molar-refractivity contribution is 6.32. The zero-order valence-electron chi connectivity index (χ0n) is 20.1. The van der Waals surface area contributed by atoms with Crippen molar-refractivity contribution in [3.63, 3.8) is 0 Å². The summed E-state index contributed by atoms with van der Waals surface area (Å²) < 4.78 is 6.01. The number of amides is 2. The molecule has 2 amide bonds. The van der Waals surface area contributed by atoms with Gasteiger partial charge in [-0.1, -0.05) is 17.7 Å². The summed E-state index contributed by atoms with van der Waals surface area (Å²) in [4.78, 5) is 35.1. The average Bonchev–Trinajstić information content (AvgIpc) is 3.35. The normalized spacial score (nSPS) is 16.9. The molecule has 0 spiro atoms. The third-order valence-electron chi connectivity index (χ3n) is 6.31. The van der Waals surface area contributed by atoms with Crippen molar-refractivity contribution in [1.29, 1.82) is 0 Å². The van der Waals surface area contributed by atoms with Gasteiger partial charge in [-0.2, -0.15) is 0 Å². The van der Waals surface area contributed by atoms with E-state index in [0.717, 1.165) is 35.3 Å². The Kier molecular flexibility index (Phi) is 7.34. The Morgan fingerprint density at radius 2 is 1.97 bits per heavy atom. The van der Waals surface area contributed by atoms with Crippen LogP contribution in [0.4, 0.5) is 5.82 Å². The molecule has 1 saturated heterocycles. The van der Waals surface area contributed by atoms with Crippen LogP contribution in [0.15, 0.2) is 54.9 Å². The van der Waals surface area contributed by atoms with Gasteiger partial charge in [0.25, 0.3) is 5.91 Å². The van der Waals surface area contributed by atoms with Crippen molar-refractivity contribution in [2.75, 3.05) is 38.5 Å². The molecular weight excluding hydrogens is 492 g/mol. The predicted molar refractivity (Wildman–Crippen MR) is 142 cm³/mol. The van der Waals surface area contributed by atoms with Gasteiger partial charge < -0.3 is 26.0 Å². The molecule has 5 rings (SSSR count). The summed E-state index contributed by atoms with van der Waals surface area (Å²) in [6.07, 6.45) is 6.81. The number of piperazine rings is 1. The van der Waals surface area contributed by atoms with Crippen LogP contribution in [-0.4, -0.2) is 65.5 Å². The van der Waals surface area contributed by atoms with Gasteiger partial charge in [0.2, 0.25) is 5.91 Å². The van der Waals surface area contributed by atoms with Crippen LogP contribution in [0.2, 0.25) is 5.02 Å². The number of fused-ring (bicyclic) bond motifs is 1. The van der Waals surface area contributed by atoms with E-state index in [9.17, 15) is 9.59 Å². The highest BCUT2D eigenvalue weighted by Gasteiger charge is 2.26. The summed E-state index contributed by atoms with van der Waals surface area (Å²) in [5, 5.41) is 6.60. The fourth-order valence-electron chi connectivity index (χ4n) is 4.35. The van der Waals surface area contributed by atoms with Crippen LogP contribution < -0.4 is 21.1 Å². The summed E-state index contributed by atoms with van der Waals surface area (Å²) in [6.45, 7) is 3.29. The lowest BCUT2D eigenvalue weighted by Gasteiger charge is -2.27. The van der Waals surface area contributed by atoms with Gasteiger partial charge in [0.1, 0.15) is 23.4 Å². The quantitative estimate of drug-likeness (QED) is 0.428. The third kappa shape index (κ3) is 5.90. The van der Waals surface area contributed by atoms with Crippen molar-refractivity contribution in [1.82, 2.24) is 25.5 Å². The summed E-state index contributed by atoms with van der Waals surface area (Å²) in [6, 6.07) is 11.0. The average molecular weight is 519 g/mol. The lowest BCUT2D eigenvalue weighted by atomic mass is 10.0. The first-order valence-electron chi connectivity index (χ1n) is 12.1. The maximum absolute atomic E-state index is 12.7. The smallest absolute Gasteiger partial charge is 0.272 e. The lowest BCUT2D eigenvalue weighted by Crippen LogP contribution is -2.46. The molecular formula is C27H27ClN6O3. The number of hydrogen-bond donors (Lipinski definition) is 3. The number of carbonyl (C=O) groups excluding carboxylic acids is 2. The largest absolute Gasteiger partial charge is 0.486 e. The third-order valence-corrected chi connectivity index (χ3v) is 6.59. The van der Waals surface area contributed by atoms with Crippen molar-refractivity contribution >= 4 is 35.3 Å². The maximum atomic E-state index is 12.7. The Hall–Kier alpha value is -3.95. The Bertz CT molecular complexity index is 1320. The van der Waals surface area contributed by atoms with Gasteiger partial charge in [0.05, 0.1) is 11.6 Å². The van der Waals surface area contributed by atoms with Gasteiger partial charge in [-0.05, 0) is 47.5 Å². The van der Waals surface area contributed by atoms with Crippen LogP contribution in [0, 0.1) is 0 Å². The van der Waals surface area contributed by atoms with Crippen LogP contribution in [0.3, 0.4) is 0 Å². The second kappa shape index (κ2) is 11.0. The van der Waals surface area contributed by atoms with E-state index >= 15 is 0 Å². The number of benzene rings is 1. The minimum atomic E-state index is -0.232. The Balaban J connectivity index is 1.19. The molecule has 37 heavy (non-hydrogen) atoms. The highest BCUT2D eigenvalue weighted by Crippen LogP contribution is 2.39. The number of pyridine rings is 2. The second-order valence-corrected chi connectivity index (χ2v) is 9.37. The molecule has 1 atom stereocenters. The first-order valence-corrected chi connectivity index (χ1v) is 12.5. The van der Waals surface area contributed by atoms with E-state index in [1.54, 1.807) is 36.7 Å². The predicted octanol–water partition coefficient (Wildman–Crippen LogP) is 2.56. The number of ether oxygens (including phenoxy) is 1. The van der Waals surface area contributed by atoms with E-state index in [1.165, 1.54) is 6.08 Å². The lowest BCUT2D eigenvalue weighted by molar-refractivity contribution is -0.116. The molecule has 3 aromatic rings. The molecule has 1 unspecified atom stereocenters. The number of anilines is 1. The number of aromatic nitrogens is 2. The number of nitrogens with zero attached hydrogens (tertiary/aromatic N) is 3.